The normalized spacial score (nSPS) is 14.0. The Morgan fingerprint density at radius 2 is 1.67 bits per heavy atom. The van der Waals surface area contributed by atoms with Gasteiger partial charge in [-0.3, -0.25) is 9.59 Å². The summed E-state index contributed by atoms with van der Waals surface area (Å²) in [6.07, 6.45) is 3.04. The van der Waals surface area contributed by atoms with Crippen molar-refractivity contribution in [3.63, 3.8) is 0 Å². The molecule has 0 aliphatic carbocycles. The number of anilines is 2. The molecule has 6 nitrogen and oxygen atoms in total. The van der Waals surface area contributed by atoms with Crippen LogP contribution in [0.25, 0.3) is 17.4 Å². The fourth-order valence-corrected chi connectivity index (χ4v) is 4.27. The first kappa shape index (κ1) is 23.0. The Hall–Kier alpha value is -3.22. The molecule has 3 aromatic rings. The lowest BCUT2D eigenvalue weighted by Crippen LogP contribution is -2.48. The number of nitrogens with one attached hydrogen (secondary N) is 1. The Bertz CT molecular complexity index is 1180. The number of hydrogen-bond donors (Lipinski definition) is 1. The Morgan fingerprint density at radius 3 is 2.36 bits per heavy atom. The summed E-state index contributed by atoms with van der Waals surface area (Å²) in [6, 6.07) is 16.4. The lowest BCUT2D eigenvalue weighted by molar-refractivity contribution is -0.129. The summed E-state index contributed by atoms with van der Waals surface area (Å²) in [5.74, 6) is 0.953. The summed E-state index contributed by atoms with van der Waals surface area (Å²) in [4.78, 5) is 28.2. The predicted octanol–water partition coefficient (Wildman–Crippen LogP) is 5.57. The molecule has 1 aromatic heterocycles. The van der Waals surface area contributed by atoms with Crippen LogP contribution >= 0.6 is 23.2 Å². The third kappa shape index (κ3) is 5.78. The van der Waals surface area contributed by atoms with E-state index >= 15 is 0 Å². The fourth-order valence-electron chi connectivity index (χ4n) is 3.74. The second-order valence-corrected chi connectivity index (χ2v) is 8.57. The number of rotatable bonds is 5. The molecule has 1 N–H and O–H groups in total. The van der Waals surface area contributed by atoms with Crippen molar-refractivity contribution in [3.8, 4) is 11.3 Å². The van der Waals surface area contributed by atoms with E-state index in [1.807, 2.05) is 29.2 Å². The summed E-state index contributed by atoms with van der Waals surface area (Å²) >= 11 is 12.1. The molecule has 0 unspecified atom stereocenters. The fraction of sp³-hybridized carbons (Fsp3) is 0.200. The van der Waals surface area contributed by atoms with E-state index in [9.17, 15) is 9.59 Å². The predicted molar refractivity (Wildman–Crippen MR) is 133 cm³/mol. The highest BCUT2D eigenvalue weighted by Crippen LogP contribution is 2.29. The van der Waals surface area contributed by atoms with Crippen LogP contribution in [-0.2, 0) is 9.59 Å². The van der Waals surface area contributed by atoms with Gasteiger partial charge in [0.1, 0.15) is 11.5 Å². The summed E-state index contributed by atoms with van der Waals surface area (Å²) in [5, 5.41) is 3.98. The van der Waals surface area contributed by atoms with Gasteiger partial charge in [0.15, 0.2) is 0 Å². The topological polar surface area (TPSA) is 65.8 Å². The molecule has 0 saturated carbocycles. The van der Waals surface area contributed by atoms with E-state index in [0.29, 0.717) is 47.7 Å². The smallest absolute Gasteiger partial charge is 0.248 e. The van der Waals surface area contributed by atoms with Crippen molar-refractivity contribution in [2.45, 2.75) is 6.92 Å². The van der Waals surface area contributed by atoms with E-state index in [-0.39, 0.29) is 11.8 Å². The lowest BCUT2D eigenvalue weighted by Gasteiger charge is -2.36. The summed E-state index contributed by atoms with van der Waals surface area (Å²) in [6.45, 7) is 4.34. The highest BCUT2D eigenvalue weighted by Gasteiger charge is 2.20. The maximum absolute atomic E-state index is 12.6. The number of halogens is 2. The largest absolute Gasteiger partial charge is 0.457 e. The highest BCUT2D eigenvalue weighted by atomic mass is 35.5. The van der Waals surface area contributed by atoms with Crippen LogP contribution in [0.2, 0.25) is 10.0 Å². The molecule has 8 heteroatoms. The van der Waals surface area contributed by atoms with Crippen molar-refractivity contribution >= 4 is 52.5 Å². The third-order valence-electron chi connectivity index (χ3n) is 5.40. The van der Waals surface area contributed by atoms with E-state index in [1.54, 1.807) is 43.3 Å². The highest BCUT2D eigenvalue weighted by molar-refractivity contribution is 6.35. The average Bonchev–Trinajstić information content (AvgIpc) is 3.27. The maximum Gasteiger partial charge on any atom is 0.248 e. The number of para-hydroxylation sites is 2. The molecular weight excluding hydrogens is 461 g/mol. The van der Waals surface area contributed by atoms with E-state index in [2.05, 4.69) is 10.2 Å². The van der Waals surface area contributed by atoms with Gasteiger partial charge in [0.25, 0.3) is 0 Å². The van der Waals surface area contributed by atoms with Gasteiger partial charge in [0, 0.05) is 54.8 Å². The van der Waals surface area contributed by atoms with Crippen molar-refractivity contribution in [1.82, 2.24) is 4.90 Å². The van der Waals surface area contributed by atoms with Crippen LogP contribution in [0.3, 0.4) is 0 Å². The molecule has 2 amide bonds. The number of carbonyl (C=O) groups is 2. The number of benzene rings is 2. The Balaban J connectivity index is 1.42. The lowest BCUT2D eigenvalue weighted by atomic mass is 10.2. The van der Waals surface area contributed by atoms with Gasteiger partial charge in [0.2, 0.25) is 11.8 Å². The van der Waals surface area contributed by atoms with Gasteiger partial charge in [-0.15, -0.1) is 0 Å². The van der Waals surface area contributed by atoms with Gasteiger partial charge in [-0.2, -0.15) is 0 Å². The average molecular weight is 484 g/mol. The molecule has 0 radical (unpaired) electrons. The molecule has 4 rings (SSSR count). The first-order valence-corrected chi connectivity index (χ1v) is 11.3. The van der Waals surface area contributed by atoms with Crippen LogP contribution in [0.15, 0.2) is 65.1 Å². The van der Waals surface area contributed by atoms with E-state index in [4.69, 9.17) is 27.6 Å². The zero-order chi connectivity index (χ0) is 23.4. The Morgan fingerprint density at radius 1 is 0.970 bits per heavy atom. The minimum Gasteiger partial charge on any atom is -0.457 e. The van der Waals surface area contributed by atoms with Crippen LogP contribution in [-0.4, -0.2) is 42.9 Å². The summed E-state index contributed by atoms with van der Waals surface area (Å²) < 4.78 is 5.80. The molecule has 2 heterocycles. The SMILES string of the molecule is CC(=O)N1CCN(c2ccccc2NC(=O)/C=C/c2ccc(-c3cc(Cl)cc(Cl)c3)o2)CC1. The quantitative estimate of drug-likeness (QED) is 0.481. The molecule has 0 bridgehead atoms. The number of furan rings is 1. The summed E-state index contributed by atoms with van der Waals surface area (Å²) in [5.41, 5.74) is 2.41. The van der Waals surface area contributed by atoms with Crippen molar-refractivity contribution in [3.05, 3.63) is 76.5 Å². The number of piperazine rings is 1. The molecule has 33 heavy (non-hydrogen) atoms. The zero-order valence-corrected chi connectivity index (χ0v) is 19.6. The minimum atomic E-state index is -0.270. The van der Waals surface area contributed by atoms with Gasteiger partial charge in [-0.1, -0.05) is 35.3 Å². The van der Waals surface area contributed by atoms with Gasteiger partial charge in [-0.05, 0) is 48.5 Å². The second kappa shape index (κ2) is 10.1. The van der Waals surface area contributed by atoms with Crippen LogP contribution in [0.5, 0.6) is 0 Å². The Kier molecular flexibility index (Phi) is 7.06. The second-order valence-electron chi connectivity index (χ2n) is 7.69. The van der Waals surface area contributed by atoms with E-state index in [1.165, 1.54) is 6.08 Å². The molecule has 0 atom stereocenters. The molecule has 170 valence electrons. The van der Waals surface area contributed by atoms with Gasteiger partial charge < -0.3 is 19.5 Å². The molecule has 0 spiro atoms. The van der Waals surface area contributed by atoms with Crippen LogP contribution in [0.4, 0.5) is 11.4 Å². The molecule has 1 aliphatic rings. The van der Waals surface area contributed by atoms with Gasteiger partial charge >= 0.3 is 0 Å². The molecular formula is C25H23Cl2N3O3. The van der Waals surface area contributed by atoms with E-state index in [0.717, 1.165) is 16.9 Å². The summed E-state index contributed by atoms with van der Waals surface area (Å²) in [7, 11) is 0. The number of nitrogens with zero attached hydrogens (tertiary/aromatic N) is 2. The molecule has 1 fully saturated rings. The third-order valence-corrected chi connectivity index (χ3v) is 5.84. The molecule has 1 aliphatic heterocycles. The molecule has 1 saturated heterocycles. The Labute approximate surface area is 202 Å². The van der Waals surface area contributed by atoms with Crippen LogP contribution < -0.4 is 10.2 Å². The first-order chi connectivity index (χ1) is 15.9. The van der Waals surface area contributed by atoms with Crippen molar-refractivity contribution < 1.29 is 14.0 Å². The van der Waals surface area contributed by atoms with Gasteiger partial charge in [0.05, 0.1) is 11.4 Å². The van der Waals surface area contributed by atoms with Gasteiger partial charge in [-0.25, -0.2) is 0 Å². The first-order valence-electron chi connectivity index (χ1n) is 10.5. The molecule has 2 aromatic carbocycles. The number of amides is 2. The monoisotopic (exact) mass is 483 g/mol. The van der Waals surface area contributed by atoms with Crippen molar-refractivity contribution in [2.24, 2.45) is 0 Å². The standard InChI is InChI=1S/C25H23Cl2N3O3/c1-17(31)29-10-12-30(13-11-29)23-5-3-2-4-22(23)28-25(32)9-7-21-6-8-24(33-21)18-14-19(26)16-20(27)15-18/h2-9,14-16H,10-13H2,1H3,(H,28,32)/b9-7+. The number of carbonyl (C=O) groups excluding carboxylic acids is 2. The van der Waals surface area contributed by atoms with Crippen molar-refractivity contribution in [1.29, 1.82) is 0 Å². The zero-order valence-electron chi connectivity index (χ0n) is 18.1. The number of hydrogen-bond acceptors (Lipinski definition) is 4. The van der Waals surface area contributed by atoms with Crippen LogP contribution in [0, 0.1) is 0 Å². The minimum absolute atomic E-state index is 0.0842. The van der Waals surface area contributed by atoms with Crippen LogP contribution in [0.1, 0.15) is 12.7 Å². The van der Waals surface area contributed by atoms with Crippen molar-refractivity contribution in [2.75, 3.05) is 36.4 Å². The maximum atomic E-state index is 12.6. The van der Waals surface area contributed by atoms with E-state index < -0.39 is 0 Å².